The van der Waals surface area contributed by atoms with Crippen LogP contribution in [0.25, 0.3) is 0 Å². The van der Waals surface area contributed by atoms with Gasteiger partial charge in [0.15, 0.2) is 9.84 Å². The highest BCUT2D eigenvalue weighted by Crippen LogP contribution is 2.19. The summed E-state index contributed by atoms with van der Waals surface area (Å²) in [4.78, 5) is 23.3. The zero-order valence-corrected chi connectivity index (χ0v) is 12.2. The molecule has 0 spiro atoms. The predicted molar refractivity (Wildman–Crippen MR) is 77.4 cm³/mol. The van der Waals surface area contributed by atoms with E-state index in [2.05, 4.69) is 10.1 Å². The summed E-state index contributed by atoms with van der Waals surface area (Å²) in [6.45, 7) is 0. The number of esters is 1. The predicted octanol–water partition coefficient (Wildman–Crippen LogP) is 1.36. The molecule has 1 aliphatic rings. The second-order valence-electron chi connectivity index (χ2n) is 4.74. The highest BCUT2D eigenvalue weighted by Gasteiger charge is 2.23. The quantitative estimate of drug-likeness (QED) is 0.848. The molecule has 2 rings (SSSR count). The second-order valence-corrected chi connectivity index (χ2v) is 6.67. The molecule has 1 aromatic rings. The smallest absolute Gasteiger partial charge is 0.337 e. The van der Waals surface area contributed by atoms with Crippen LogP contribution in [0, 0.1) is 5.92 Å². The number of allylic oxidation sites excluding steroid dienone is 1. The van der Waals surface area contributed by atoms with Crippen molar-refractivity contribution >= 4 is 27.4 Å². The number of carbonyl (C=O) groups is 2. The standard InChI is InChI=1S/C14H15NO5S/c1-20-14(17)11-3-2-4-12(8-11)15-13(16)7-10-5-6-21(18,19)9-10/h2-6,8,10H,7,9H2,1H3,(H,15,16)/t10-/m0/s1. The SMILES string of the molecule is COC(=O)c1cccc(NC(=O)C[C@@H]2C=CS(=O)(=O)C2)c1. The molecule has 0 aromatic heterocycles. The van der Waals surface area contributed by atoms with Crippen LogP contribution in [0.4, 0.5) is 5.69 Å². The Balaban J connectivity index is 1.97. The van der Waals surface area contributed by atoms with Crippen LogP contribution in [-0.4, -0.2) is 33.2 Å². The van der Waals surface area contributed by atoms with Gasteiger partial charge in [0.05, 0.1) is 18.4 Å². The molecule has 0 saturated carbocycles. The number of sulfone groups is 1. The lowest BCUT2D eigenvalue weighted by atomic mass is 10.1. The summed E-state index contributed by atoms with van der Waals surface area (Å²) in [6, 6.07) is 6.35. The highest BCUT2D eigenvalue weighted by molar-refractivity contribution is 7.94. The van der Waals surface area contributed by atoms with Gasteiger partial charge in [-0.25, -0.2) is 13.2 Å². The van der Waals surface area contributed by atoms with Gasteiger partial charge in [-0.3, -0.25) is 4.79 Å². The van der Waals surface area contributed by atoms with Crippen LogP contribution in [0.1, 0.15) is 16.8 Å². The number of nitrogens with one attached hydrogen (secondary N) is 1. The molecule has 0 radical (unpaired) electrons. The Morgan fingerprint density at radius 2 is 2.14 bits per heavy atom. The van der Waals surface area contributed by atoms with Crippen molar-refractivity contribution in [3.63, 3.8) is 0 Å². The molecular weight excluding hydrogens is 294 g/mol. The number of rotatable bonds is 4. The first-order chi connectivity index (χ1) is 9.89. The summed E-state index contributed by atoms with van der Waals surface area (Å²) >= 11 is 0. The van der Waals surface area contributed by atoms with Gasteiger partial charge in [-0.05, 0) is 18.2 Å². The Labute approximate surface area is 122 Å². The third-order valence-corrected chi connectivity index (χ3v) is 4.48. The van der Waals surface area contributed by atoms with Gasteiger partial charge >= 0.3 is 5.97 Å². The average Bonchev–Trinajstić information content (AvgIpc) is 2.77. The van der Waals surface area contributed by atoms with E-state index in [0.717, 1.165) is 5.41 Å². The van der Waals surface area contributed by atoms with Crippen molar-refractivity contribution < 1.29 is 22.7 Å². The molecule has 1 heterocycles. The molecule has 112 valence electrons. The molecule has 0 unspecified atom stereocenters. The third-order valence-electron chi connectivity index (χ3n) is 3.02. The maximum Gasteiger partial charge on any atom is 0.337 e. The summed E-state index contributed by atoms with van der Waals surface area (Å²) in [6.07, 6.45) is 1.61. The van der Waals surface area contributed by atoms with Gasteiger partial charge in [0, 0.05) is 23.4 Å². The monoisotopic (exact) mass is 309 g/mol. The number of methoxy groups -OCH3 is 1. The topological polar surface area (TPSA) is 89.5 Å². The zero-order valence-electron chi connectivity index (χ0n) is 11.4. The molecule has 0 bridgehead atoms. The highest BCUT2D eigenvalue weighted by atomic mass is 32.2. The first-order valence-corrected chi connectivity index (χ1v) is 8.00. The van der Waals surface area contributed by atoms with Crippen LogP contribution in [-0.2, 0) is 19.4 Å². The van der Waals surface area contributed by atoms with Crippen LogP contribution in [0.15, 0.2) is 35.7 Å². The number of hydrogen-bond acceptors (Lipinski definition) is 5. The Bertz CT molecular complexity index is 693. The fourth-order valence-corrected chi connectivity index (χ4v) is 3.46. The molecule has 6 nitrogen and oxygen atoms in total. The summed E-state index contributed by atoms with van der Waals surface area (Å²) in [5, 5.41) is 3.78. The van der Waals surface area contributed by atoms with Crippen molar-refractivity contribution in [1.82, 2.24) is 0 Å². The second kappa shape index (κ2) is 6.09. The molecule has 7 heteroatoms. The van der Waals surface area contributed by atoms with Crippen LogP contribution in [0.2, 0.25) is 0 Å². The van der Waals surface area contributed by atoms with Crippen LogP contribution < -0.4 is 5.32 Å². The van der Waals surface area contributed by atoms with E-state index < -0.39 is 15.8 Å². The maximum atomic E-state index is 11.9. The lowest BCUT2D eigenvalue weighted by Gasteiger charge is -2.09. The summed E-state index contributed by atoms with van der Waals surface area (Å²) < 4.78 is 27.1. The molecule has 1 aromatic carbocycles. The molecule has 0 saturated heterocycles. The fourth-order valence-electron chi connectivity index (χ4n) is 2.06. The van der Waals surface area contributed by atoms with Gasteiger partial charge in [-0.15, -0.1) is 0 Å². The van der Waals surface area contributed by atoms with E-state index in [-0.39, 0.29) is 24.0 Å². The van der Waals surface area contributed by atoms with Crippen molar-refractivity contribution in [2.75, 3.05) is 18.2 Å². The molecule has 0 aliphatic carbocycles. The van der Waals surface area contributed by atoms with E-state index >= 15 is 0 Å². The molecule has 1 amide bonds. The van der Waals surface area contributed by atoms with Crippen molar-refractivity contribution in [3.05, 3.63) is 41.3 Å². The minimum absolute atomic E-state index is 0.0391. The van der Waals surface area contributed by atoms with Gasteiger partial charge in [0.2, 0.25) is 5.91 Å². The first kappa shape index (κ1) is 15.2. The molecule has 21 heavy (non-hydrogen) atoms. The van der Waals surface area contributed by atoms with E-state index in [9.17, 15) is 18.0 Å². The normalized spacial score (nSPS) is 19.2. The molecule has 1 N–H and O–H groups in total. The summed E-state index contributed by atoms with van der Waals surface area (Å²) in [5.41, 5.74) is 0.798. The molecule has 0 fully saturated rings. The summed E-state index contributed by atoms with van der Waals surface area (Å²) in [5.74, 6) is -1.14. The largest absolute Gasteiger partial charge is 0.465 e. The van der Waals surface area contributed by atoms with E-state index in [1.54, 1.807) is 18.2 Å². The van der Waals surface area contributed by atoms with Gasteiger partial charge in [0.1, 0.15) is 0 Å². The van der Waals surface area contributed by atoms with E-state index in [4.69, 9.17) is 0 Å². The Morgan fingerprint density at radius 3 is 2.76 bits per heavy atom. The van der Waals surface area contributed by atoms with Gasteiger partial charge < -0.3 is 10.1 Å². The van der Waals surface area contributed by atoms with Crippen molar-refractivity contribution in [2.24, 2.45) is 5.92 Å². The van der Waals surface area contributed by atoms with E-state index in [1.807, 2.05) is 0 Å². The average molecular weight is 309 g/mol. The van der Waals surface area contributed by atoms with Crippen LogP contribution in [0.5, 0.6) is 0 Å². The Morgan fingerprint density at radius 1 is 1.38 bits per heavy atom. The van der Waals surface area contributed by atoms with Crippen molar-refractivity contribution in [2.45, 2.75) is 6.42 Å². The Kier molecular flexibility index (Phi) is 4.42. The van der Waals surface area contributed by atoms with E-state index in [1.165, 1.54) is 19.3 Å². The molecular formula is C14H15NO5S. The van der Waals surface area contributed by atoms with E-state index in [0.29, 0.717) is 11.3 Å². The number of amides is 1. The maximum absolute atomic E-state index is 11.9. The fraction of sp³-hybridized carbons (Fsp3) is 0.286. The first-order valence-electron chi connectivity index (χ1n) is 6.29. The number of benzene rings is 1. The lowest BCUT2D eigenvalue weighted by Crippen LogP contribution is -2.17. The lowest BCUT2D eigenvalue weighted by molar-refractivity contribution is -0.116. The molecule has 1 aliphatic heterocycles. The number of carbonyl (C=O) groups excluding carboxylic acids is 2. The number of anilines is 1. The zero-order chi connectivity index (χ0) is 15.5. The third kappa shape index (κ3) is 4.16. The summed E-state index contributed by atoms with van der Waals surface area (Å²) in [7, 11) is -1.88. The molecule has 1 atom stereocenters. The number of hydrogen-bond donors (Lipinski definition) is 1. The minimum atomic E-state index is -3.16. The van der Waals surface area contributed by atoms with Crippen molar-refractivity contribution in [1.29, 1.82) is 0 Å². The van der Waals surface area contributed by atoms with Gasteiger partial charge in [-0.2, -0.15) is 0 Å². The Hall–Kier alpha value is -2.15. The minimum Gasteiger partial charge on any atom is -0.465 e. The van der Waals surface area contributed by atoms with Gasteiger partial charge in [-0.1, -0.05) is 12.1 Å². The van der Waals surface area contributed by atoms with Crippen molar-refractivity contribution in [3.8, 4) is 0 Å². The van der Waals surface area contributed by atoms with Crippen LogP contribution in [0.3, 0.4) is 0 Å². The van der Waals surface area contributed by atoms with Crippen LogP contribution >= 0.6 is 0 Å². The number of ether oxygens (including phenoxy) is 1. The van der Waals surface area contributed by atoms with Gasteiger partial charge in [0.25, 0.3) is 0 Å².